The summed E-state index contributed by atoms with van der Waals surface area (Å²) in [4.78, 5) is 4.23. The number of hydrogen-bond acceptors (Lipinski definition) is 3. The molecule has 128 valence electrons. The van der Waals surface area contributed by atoms with E-state index >= 15 is 0 Å². The van der Waals surface area contributed by atoms with E-state index in [9.17, 15) is 0 Å². The fraction of sp³-hybridized carbons (Fsp3) is 0.316. The van der Waals surface area contributed by atoms with Crippen molar-refractivity contribution in [2.24, 2.45) is 4.99 Å². The van der Waals surface area contributed by atoms with Crippen molar-refractivity contribution in [2.45, 2.75) is 19.6 Å². The van der Waals surface area contributed by atoms with Crippen LogP contribution < -0.4 is 20.1 Å². The predicted octanol–water partition coefficient (Wildman–Crippen LogP) is 2.83. The van der Waals surface area contributed by atoms with E-state index in [4.69, 9.17) is 9.47 Å². The molecule has 0 aliphatic carbocycles. The molecule has 0 saturated heterocycles. The van der Waals surface area contributed by atoms with Gasteiger partial charge in [0.05, 0.1) is 13.7 Å². The highest BCUT2D eigenvalue weighted by Crippen LogP contribution is 2.19. The highest BCUT2D eigenvalue weighted by Gasteiger charge is 2.06. The zero-order valence-electron chi connectivity index (χ0n) is 14.5. The second-order valence-corrected chi connectivity index (χ2v) is 5.40. The number of ether oxygens (including phenoxy) is 2. The summed E-state index contributed by atoms with van der Waals surface area (Å²) in [5.74, 6) is 2.32. The number of rotatable bonds is 7. The first-order valence-electron chi connectivity index (χ1n) is 8.00. The minimum atomic E-state index is -0.00705. The topological polar surface area (TPSA) is 54.9 Å². The lowest BCUT2D eigenvalue weighted by molar-refractivity contribution is 0.223. The Morgan fingerprint density at radius 2 is 1.79 bits per heavy atom. The molecule has 2 aromatic carbocycles. The molecule has 1 unspecified atom stereocenters. The van der Waals surface area contributed by atoms with Crippen LogP contribution in [0.2, 0.25) is 0 Å². The van der Waals surface area contributed by atoms with Crippen molar-refractivity contribution in [3.63, 3.8) is 0 Å². The average Bonchev–Trinajstić information content (AvgIpc) is 2.63. The van der Waals surface area contributed by atoms with E-state index in [1.54, 1.807) is 14.2 Å². The summed E-state index contributed by atoms with van der Waals surface area (Å²) in [6, 6.07) is 17.8. The lowest BCUT2D eigenvalue weighted by Crippen LogP contribution is -2.41. The van der Waals surface area contributed by atoms with Crippen molar-refractivity contribution >= 4 is 5.96 Å². The van der Waals surface area contributed by atoms with Gasteiger partial charge >= 0.3 is 0 Å². The van der Waals surface area contributed by atoms with Gasteiger partial charge in [-0.05, 0) is 24.6 Å². The largest absolute Gasteiger partial charge is 0.497 e. The molecular formula is C19H25N3O2. The molecule has 0 radical (unpaired) electrons. The Balaban J connectivity index is 1.77. The lowest BCUT2D eigenvalue weighted by Gasteiger charge is -2.18. The van der Waals surface area contributed by atoms with Gasteiger partial charge in [0.1, 0.15) is 17.6 Å². The maximum Gasteiger partial charge on any atom is 0.191 e. The molecule has 2 aromatic rings. The maximum absolute atomic E-state index is 5.89. The zero-order valence-corrected chi connectivity index (χ0v) is 14.5. The molecule has 0 saturated carbocycles. The fourth-order valence-corrected chi connectivity index (χ4v) is 2.19. The summed E-state index contributed by atoms with van der Waals surface area (Å²) in [5.41, 5.74) is 1.21. The Morgan fingerprint density at radius 1 is 1.04 bits per heavy atom. The molecule has 0 amide bonds. The van der Waals surface area contributed by atoms with Crippen LogP contribution in [0.15, 0.2) is 59.6 Å². The second-order valence-electron chi connectivity index (χ2n) is 5.40. The molecule has 0 aliphatic heterocycles. The van der Waals surface area contributed by atoms with E-state index in [0.29, 0.717) is 6.54 Å². The molecule has 2 N–H and O–H groups in total. The SMILES string of the molecule is CN=C(NCc1ccccc1)NCC(C)Oc1cccc(OC)c1. The number of nitrogens with zero attached hydrogens (tertiary/aromatic N) is 1. The van der Waals surface area contributed by atoms with Crippen LogP contribution in [0.1, 0.15) is 12.5 Å². The quantitative estimate of drug-likeness (QED) is 0.606. The Morgan fingerprint density at radius 3 is 2.50 bits per heavy atom. The molecule has 0 heterocycles. The first-order valence-corrected chi connectivity index (χ1v) is 8.00. The molecule has 0 spiro atoms. The molecule has 0 bridgehead atoms. The Bertz CT molecular complexity index is 644. The number of benzene rings is 2. The zero-order chi connectivity index (χ0) is 17.2. The van der Waals surface area contributed by atoms with E-state index < -0.39 is 0 Å². The lowest BCUT2D eigenvalue weighted by atomic mass is 10.2. The normalized spacial score (nSPS) is 12.4. The van der Waals surface area contributed by atoms with Crippen LogP contribution in [-0.2, 0) is 6.54 Å². The number of hydrogen-bond donors (Lipinski definition) is 2. The van der Waals surface area contributed by atoms with Crippen molar-refractivity contribution in [3.05, 3.63) is 60.2 Å². The number of methoxy groups -OCH3 is 1. The van der Waals surface area contributed by atoms with E-state index in [2.05, 4.69) is 27.8 Å². The fourth-order valence-electron chi connectivity index (χ4n) is 2.19. The Kier molecular flexibility index (Phi) is 6.95. The second kappa shape index (κ2) is 9.45. The van der Waals surface area contributed by atoms with Crippen LogP contribution in [0.25, 0.3) is 0 Å². The Hall–Kier alpha value is -2.69. The van der Waals surface area contributed by atoms with Gasteiger partial charge in [-0.2, -0.15) is 0 Å². The molecule has 0 aliphatic rings. The van der Waals surface area contributed by atoms with Crippen LogP contribution in [0.5, 0.6) is 11.5 Å². The first-order chi connectivity index (χ1) is 11.7. The molecular weight excluding hydrogens is 302 g/mol. The van der Waals surface area contributed by atoms with Gasteiger partial charge < -0.3 is 20.1 Å². The van der Waals surface area contributed by atoms with Gasteiger partial charge in [0, 0.05) is 19.7 Å². The Labute approximate surface area is 143 Å². The predicted molar refractivity (Wildman–Crippen MR) is 97.7 cm³/mol. The minimum absolute atomic E-state index is 0.00705. The van der Waals surface area contributed by atoms with Crippen LogP contribution in [-0.4, -0.2) is 32.8 Å². The third-order valence-electron chi connectivity index (χ3n) is 3.46. The molecule has 0 fully saturated rings. The van der Waals surface area contributed by atoms with E-state index in [0.717, 1.165) is 24.0 Å². The van der Waals surface area contributed by atoms with Crippen LogP contribution in [0.4, 0.5) is 0 Å². The van der Waals surface area contributed by atoms with Crippen molar-refractivity contribution in [1.29, 1.82) is 0 Å². The molecule has 1 atom stereocenters. The minimum Gasteiger partial charge on any atom is -0.497 e. The molecule has 0 aromatic heterocycles. The highest BCUT2D eigenvalue weighted by atomic mass is 16.5. The van der Waals surface area contributed by atoms with Crippen molar-refractivity contribution in [3.8, 4) is 11.5 Å². The molecule has 5 nitrogen and oxygen atoms in total. The van der Waals surface area contributed by atoms with E-state index in [1.807, 2.05) is 49.4 Å². The molecule has 2 rings (SSSR count). The van der Waals surface area contributed by atoms with Crippen LogP contribution in [0.3, 0.4) is 0 Å². The maximum atomic E-state index is 5.89. The van der Waals surface area contributed by atoms with Gasteiger partial charge in [-0.15, -0.1) is 0 Å². The standard InChI is InChI=1S/C19H25N3O2/c1-15(24-18-11-7-10-17(12-18)23-3)13-21-19(20-2)22-14-16-8-5-4-6-9-16/h4-12,15H,13-14H2,1-3H3,(H2,20,21,22). The van der Waals surface area contributed by atoms with Crippen molar-refractivity contribution < 1.29 is 9.47 Å². The van der Waals surface area contributed by atoms with Crippen molar-refractivity contribution in [1.82, 2.24) is 10.6 Å². The summed E-state index contributed by atoms with van der Waals surface area (Å²) in [6.45, 7) is 3.38. The van der Waals surface area contributed by atoms with E-state index in [-0.39, 0.29) is 6.10 Å². The summed E-state index contributed by atoms with van der Waals surface area (Å²) in [5, 5.41) is 6.56. The summed E-state index contributed by atoms with van der Waals surface area (Å²) < 4.78 is 11.1. The van der Waals surface area contributed by atoms with Gasteiger partial charge in [-0.1, -0.05) is 36.4 Å². The summed E-state index contributed by atoms with van der Waals surface area (Å²) >= 11 is 0. The van der Waals surface area contributed by atoms with Crippen LogP contribution >= 0.6 is 0 Å². The molecule has 5 heteroatoms. The van der Waals surface area contributed by atoms with Gasteiger partial charge in [0.2, 0.25) is 0 Å². The first kappa shape index (κ1) is 17.7. The van der Waals surface area contributed by atoms with Gasteiger partial charge in [-0.25, -0.2) is 0 Å². The van der Waals surface area contributed by atoms with E-state index in [1.165, 1.54) is 5.56 Å². The third-order valence-corrected chi connectivity index (χ3v) is 3.46. The van der Waals surface area contributed by atoms with Gasteiger partial charge in [-0.3, -0.25) is 4.99 Å². The molecule has 24 heavy (non-hydrogen) atoms. The van der Waals surface area contributed by atoms with Gasteiger partial charge in [0.25, 0.3) is 0 Å². The summed E-state index contributed by atoms with van der Waals surface area (Å²) in [6.07, 6.45) is -0.00705. The monoisotopic (exact) mass is 327 g/mol. The highest BCUT2D eigenvalue weighted by molar-refractivity contribution is 5.79. The number of guanidine groups is 1. The smallest absolute Gasteiger partial charge is 0.191 e. The van der Waals surface area contributed by atoms with Crippen molar-refractivity contribution in [2.75, 3.05) is 20.7 Å². The number of nitrogens with one attached hydrogen (secondary N) is 2. The number of aliphatic imine (C=N–C) groups is 1. The third kappa shape index (κ3) is 5.83. The van der Waals surface area contributed by atoms with Gasteiger partial charge in [0.15, 0.2) is 5.96 Å². The van der Waals surface area contributed by atoms with Crippen LogP contribution in [0, 0.1) is 0 Å². The summed E-state index contributed by atoms with van der Waals surface area (Å²) in [7, 11) is 3.40. The average molecular weight is 327 g/mol.